The van der Waals surface area contributed by atoms with Gasteiger partial charge in [-0.15, -0.1) is 0 Å². The van der Waals surface area contributed by atoms with Crippen molar-refractivity contribution in [2.45, 2.75) is 46.1 Å². The van der Waals surface area contributed by atoms with Gasteiger partial charge in [0, 0.05) is 5.69 Å². The van der Waals surface area contributed by atoms with Crippen LogP contribution in [0.25, 0.3) is 0 Å². The van der Waals surface area contributed by atoms with Crippen molar-refractivity contribution in [2.24, 2.45) is 0 Å². The van der Waals surface area contributed by atoms with Crippen molar-refractivity contribution in [1.29, 1.82) is 0 Å². The number of hydrogen-bond donors (Lipinski definition) is 1. The molecule has 27 heavy (non-hydrogen) atoms. The lowest BCUT2D eigenvalue weighted by molar-refractivity contribution is 0.0371. The number of rotatable bonds is 9. The van der Waals surface area contributed by atoms with E-state index >= 15 is 0 Å². The molecule has 1 aromatic heterocycles. The molecule has 0 fully saturated rings. The van der Waals surface area contributed by atoms with Gasteiger partial charge in [0.1, 0.15) is 17.1 Å². The summed E-state index contributed by atoms with van der Waals surface area (Å²) in [6.07, 6.45) is 3.07. The highest BCUT2D eigenvalue weighted by atomic mass is 16.5. The van der Waals surface area contributed by atoms with Crippen molar-refractivity contribution in [2.75, 3.05) is 11.9 Å². The summed E-state index contributed by atoms with van der Waals surface area (Å²) in [6.45, 7) is 6.34. The molecular formula is C21H26N2O4. The minimum Gasteiger partial charge on any atom is -0.494 e. The molecule has 1 N–H and O–H groups in total. The van der Waals surface area contributed by atoms with Crippen LogP contribution in [-0.2, 0) is 4.74 Å². The summed E-state index contributed by atoms with van der Waals surface area (Å²) in [5, 5.41) is 2.76. The Balaban J connectivity index is 1.95. The molecule has 6 nitrogen and oxygen atoms in total. The quantitative estimate of drug-likeness (QED) is 0.520. The number of aromatic nitrogens is 1. The molecule has 2 rings (SSSR count). The van der Waals surface area contributed by atoms with E-state index in [0.29, 0.717) is 12.3 Å². The van der Waals surface area contributed by atoms with E-state index < -0.39 is 11.9 Å². The number of unbranched alkanes of at least 4 members (excludes halogenated alkanes) is 2. The van der Waals surface area contributed by atoms with E-state index in [1.807, 2.05) is 12.1 Å². The molecule has 144 valence electrons. The zero-order chi connectivity index (χ0) is 19.6. The van der Waals surface area contributed by atoms with Crippen LogP contribution in [0.15, 0.2) is 42.5 Å². The summed E-state index contributed by atoms with van der Waals surface area (Å²) in [7, 11) is 0. The van der Waals surface area contributed by atoms with Crippen molar-refractivity contribution in [3.8, 4) is 5.75 Å². The number of hydrogen-bond acceptors (Lipinski definition) is 5. The van der Waals surface area contributed by atoms with Crippen LogP contribution in [0.4, 0.5) is 5.69 Å². The molecule has 0 spiro atoms. The first-order valence-electron chi connectivity index (χ1n) is 9.22. The largest absolute Gasteiger partial charge is 0.494 e. The number of nitrogens with zero attached hydrogens (tertiary/aromatic N) is 1. The molecule has 0 atom stereocenters. The van der Waals surface area contributed by atoms with Crippen LogP contribution in [0.3, 0.4) is 0 Å². The summed E-state index contributed by atoms with van der Waals surface area (Å²) < 4.78 is 10.8. The lowest BCUT2D eigenvalue weighted by Gasteiger charge is -2.09. The summed E-state index contributed by atoms with van der Waals surface area (Å²) in [5.41, 5.74) is 0.873. The Hall–Kier alpha value is -2.89. The lowest BCUT2D eigenvalue weighted by atomic mass is 10.2. The number of pyridine rings is 1. The van der Waals surface area contributed by atoms with E-state index in [4.69, 9.17) is 9.47 Å². The monoisotopic (exact) mass is 370 g/mol. The van der Waals surface area contributed by atoms with Gasteiger partial charge in [0.05, 0.1) is 12.7 Å². The molecule has 0 aliphatic heterocycles. The number of amides is 1. The van der Waals surface area contributed by atoms with Gasteiger partial charge in [0.2, 0.25) is 0 Å². The number of carbonyl (C=O) groups is 2. The SMILES string of the molecule is CCCCCOc1ccc(NC(=O)c2cccc(C(=O)OC(C)C)n2)cc1. The average molecular weight is 370 g/mol. The van der Waals surface area contributed by atoms with Crippen molar-refractivity contribution in [1.82, 2.24) is 4.98 Å². The minimum atomic E-state index is -0.552. The normalized spacial score (nSPS) is 10.5. The van der Waals surface area contributed by atoms with E-state index in [-0.39, 0.29) is 17.5 Å². The van der Waals surface area contributed by atoms with Gasteiger partial charge in [-0.2, -0.15) is 0 Å². The van der Waals surface area contributed by atoms with Crippen molar-refractivity contribution >= 4 is 17.6 Å². The fraction of sp³-hybridized carbons (Fsp3) is 0.381. The summed E-state index contributed by atoms with van der Waals surface area (Å²) >= 11 is 0. The number of ether oxygens (including phenoxy) is 2. The third-order valence-corrected chi connectivity index (χ3v) is 3.66. The smallest absolute Gasteiger partial charge is 0.357 e. The first-order chi connectivity index (χ1) is 13.0. The standard InChI is InChI=1S/C21H26N2O4/c1-4-5-6-14-26-17-12-10-16(11-13-17)22-20(24)18-8-7-9-19(23-18)21(25)27-15(2)3/h7-13,15H,4-6,14H2,1-3H3,(H,22,24). The van der Waals surface area contributed by atoms with Gasteiger partial charge >= 0.3 is 5.97 Å². The molecule has 1 aromatic carbocycles. The summed E-state index contributed by atoms with van der Waals surface area (Å²) in [6, 6.07) is 11.8. The Labute approximate surface area is 159 Å². The maximum absolute atomic E-state index is 12.4. The molecule has 0 radical (unpaired) electrons. The Bertz CT molecular complexity index is 757. The van der Waals surface area contributed by atoms with Gasteiger partial charge in [0.15, 0.2) is 0 Å². The van der Waals surface area contributed by atoms with E-state index in [0.717, 1.165) is 25.0 Å². The fourth-order valence-electron chi connectivity index (χ4n) is 2.32. The first kappa shape index (κ1) is 20.4. The molecule has 2 aromatic rings. The highest BCUT2D eigenvalue weighted by Crippen LogP contribution is 2.17. The molecule has 6 heteroatoms. The van der Waals surface area contributed by atoms with Crippen LogP contribution < -0.4 is 10.1 Å². The Kier molecular flexibility index (Phi) is 7.79. The number of carbonyl (C=O) groups excluding carboxylic acids is 2. The van der Waals surface area contributed by atoms with Crippen molar-refractivity contribution in [3.63, 3.8) is 0 Å². The summed E-state index contributed by atoms with van der Waals surface area (Å²) in [5.74, 6) is -0.185. The lowest BCUT2D eigenvalue weighted by Crippen LogP contribution is -2.17. The molecule has 0 bridgehead atoms. The molecule has 1 amide bonds. The molecule has 0 saturated carbocycles. The second kappa shape index (κ2) is 10.3. The molecular weight excluding hydrogens is 344 g/mol. The fourth-order valence-corrected chi connectivity index (χ4v) is 2.32. The predicted octanol–water partition coefficient (Wildman–Crippen LogP) is 4.47. The highest BCUT2D eigenvalue weighted by molar-refractivity contribution is 6.03. The molecule has 1 heterocycles. The molecule has 0 unspecified atom stereocenters. The van der Waals surface area contributed by atoms with Crippen molar-refractivity contribution in [3.05, 3.63) is 53.9 Å². The maximum Gasteiger partial charge on any atom is 0.357 e. The second-order valence-electron chi connectivity index (χ2n) is 6.40. The van der Waals surface area contributed by atoms with Crippen LogP contribution in [0.5, 0.6) is 5.75 Å². The van der Waals surface area contributed by atoms with Gasteiger partial charge in [-0.25, -0.2) is 9.78 Å². The number of benzene rings is 1. The van der Waals surface area contributed by atoms with Gasteiger partial charge in [-0.05, 0) is 56.7 Å². The van der Waals surface area contributed by atoms with E-state index in [1.165, 1.54) is 6.07 Å². The van der Waals surface area contributed by atoms with Crippen LogP contribution in [-0.4, -0.2) is 29.6 Å². The number of esters is 1. The Morgan fingerprint density at radius 2 is 1.74 bits per heavy atom. The van der Waals surface area contributed by atoms with E-state index in [2.05, 4.69) is 17.2 Å². The molecule has 0 aliphatic carbocycles. The van der Waals surface area contributed by atoms with Crippen LogP contribution >= 0.6 is 0 Å². The average Bonchev–Trinajstić information content (AvgIpc) is 2.66. The topological polar surface area (TPSA) is 77.5 Å². The third-order valence-electron chi connectivity index (χ3n) is 3.66. The van der Waals surface area contributed by atoms with Gasteiger partial charge in [-0.3, -0.25) is 4.79 Å². The highest BCUT2D eigenvalue weighted by Gasteiger charge is 2.14. The van der Waals surface area contributed by atoms with Crippen LogP contribution in [0, 0.1) is 0 Å². The van der Waals surface area contributed by atoms with Crippen molar-refractivity contribution < 1.29 is 19.1 Å². The maximum atomic E-state index is 12.4. The number of nitrogens with one attached hydrogen (secondary N) is 1. The first-order valence-corrected chi connectivity index (χ1v) is 9.22. The zero-order valence-electron chi connectivity index (χ0n) is 16.0. The van der Waals surface area contributed by atoms with Crippen LogP contribution in [0.1, 0.15) is 61.0 Å². The molecule has 0 aliphatic rings. The molecule has 0 saturated heterocycles. The van der Waals surface area contributed by atoms with Gasteiger partial charge in [0.25, 0.3) is 5.91 Å². The summed E-state index contributed by atoms with van der Waals surface area (Å²) in [4.78, 5) is 28.4. The second-order valence-corrected chi connectivity index (χ2v) is 6.40. The van der Waals surface area contributed by atoms with Crippen LogP contribution in [0.2, 0.25) is 0 Å². The minimum absolute atomic E-state index is 0.104. The third kappa shape index (κ3) is 6.73. The van der Waals surface area contributed by atoms with Gasteiger partial charge in [-0.1, -0.05) is 25.8 Å². The Morgan fingerprint density at radius 3 is 2.41 bits per heavy atom. The predicted molar refractivity (Wildman–Crippen MR) is 104 cm³/mol. The van der Waals surface area contributed by atoms with E-state index in [9.17, 15) is 9.59 Å². The zero-order valence-corrected chi connectivity index (χ0v) is 16.0. The van der Waals surface area contributed by atoms with E-state index in [1.54, 1.807) is 38.1 Å². The Morgan fingerprint density at radius 1 is 1.04 bits per heavy atom. The van der Waals surface area contributed by atoms with Gasteiger partial charge < -0.3 is 14.8 Å². The number of anilines is 1.